The van der Waals surface area contributed by atoms with Crippen molar-refractivity contribution in [3.63, 3.8) is 0 Å². The lowest BCUT2D eigenvalue weighted by Crippen LogP contribution is -1.98. The summed E-state index contributed by atoms with van der Waals surface area (Å²) in [5, 5.41) is 12.6. The summed E-state index contributed by atoms with van der Waals surface area (Å²) in [5.74, 6) is 0.613. The van der Waals surface area contributed by atoms with Crippen molar-refractivity contribution in [3.8, 4) is 28.3 Å². The van der Waals surface area contributed by atoms with Crippen molar-refractivity contribution in [2.24, 2.45) is 0 Å². The zero-order valence-corrected chi connectivity index (χ0v) is 30.4. The molecule has 0 saturated heterocycles. The summed E-state index contributed by atoms with van der Waals surface area (Å²) < 4.78 is 15.9. The van der Waals surface area contributed by atoms with Crippen molar-refractivity contribution in [3.05, 3.63) is 176 Å². The third-order valence-electron chi connectivity index (χ3n) is 11.8. The molecule has 0 N–H and O–H groups in total. The van der Waals surface area contributed by atoms with Crippen LogP contribution in [-0.4, -0.2) is 14.5 Å². The van der Waals surface area contributed by atoms with Crippen LogP contribution >= 0.6 is 0 Å². The number of para-hydroxylation sites is 1. The standard InChI is InChI=1S/C52H29N3O2/c1-2-15-33(16-3-1)48-51-49(38-20-10-11-21-43(38)56-51)54-52(53-48)34-28-39-45-35-17-7-4-14-32(35)24-27-44(45)57-50(39)42(29-34)55-40-25-22-30-12-5-8-18-36(30)46(40)47-37-19-9-6-13-31(37)23-26-41(47)55/h1-29H. The average Bonchev–Trinajstić information content (AvgIpc) is 3.96. The number of benzene rings is 9. The van der Waals surface area contributed by atoms with E-state index in [0.717, 1.165) is 82.7 Å². The predicted octanol–water partition coefficient (Wildman–Crippen LogP) is 14.2. The van der Waals surface area contributed by atoms with Gasteiger partial charge in [-0.25, -0.2) is 9.97 Å². The molecule has 13 rings (SSSR count). The molecule has 0 aliphatic heterocycles. The van der Waals surface area contributed by atoms with Gasteiger partial charge in [-0.1, -0.05) is 133 Å². The Morgan fingerprint density at radius 3 is 1.63 bits per heavy atom. The van der Waals surface area contributed by atoms with Gasteiger partial charge in [0.1, 0.15) is 22.4 Å². The van der Waals surface area contributed by atoms with Gasteiger partial charge in [-0.15, -0.1) is 0 Å². The van der Waals surface area contributed by atoms with Gasteiger partial charge >= 0.3 is 0 Å². The maximum atomic E-state index is 7.01. The first-order chi connectivity index (χ1) is 28.3. The summed E-state index contributed by atoms with van der Waals surface area (Å²) in [7, 11) is 0. The fraction of sp³-hybridized carbons (Fsp3) is 0. The maximum Gasteiger partial charge on any atom is 0.180 e. The van der Waals surface area contributed by atoms with Crippen LogP contribution in [0.25, 0.3) is 126 Å². The molecule has 4 heterocycles. The molecule has 0 aliphatic rings. The molecule has 0 atom stereocenters. The predicted molar refractivity (Wildman–Crippen MR) is 234 cm³/mol. The Kier molecular flexibility index (Phi) is 6.10. The number of aromatic nitrogens is 3. The van der Waals surface area contributed by atoms with E-state index in [4.69, 9.17) is 18.8 Å². The minimum atomic E-state index is 0.613. The van der Waals surface area contributed by atoms with Crippen LogP contribution in [-0.2, 0) is 0 Å². The van der Waals surface area contributed by atoms with E-state index in [1.807, 2.05) is 36.4 Å². The minimum Gasteiger partial charge on any atom is -0.454 e. The molecule has 13 aromatic rings. The Labute approximate surface area is 324 Å². The molecule has 57 heavy (non-hydrogen) atoms. The van der Waals surface area contributed by atoms with Crippen molar-refractivity contribution >= 4 is 98.1 Å². The Hall–Kier alpha value is -7.76. The number of fused-ring (bicyclic) bond motifs is 15. The molecule has 0 amide bonds. The minimum absolute atomic E-state index is 0.613. The van der Waals surface area contributed by atoms with Crippen LogP contribution in [0.1, 0.15) is 0 Å². The van der Waals surface area contributed by atoms with Crippen LogP contribution in [0.15, 0.2) is 185 Å². The van der Waals surface area contributed by atoms with Gasteiger partial charge in [0.05, 0.1) is 16.7 Å². The summed E-state index contributed by atoms with van der Waals surface area (Å²) in [5.41, 5.74) is 9.62. The van der Waals surface area contributed by atoms with Gasteiger partial charge in [0, 0.05) is 38.1 Å². The van der Waals surface area contributed by atoms with Gasteiger partial charge in [-0.2, -0.15) is 0 Å². The van der Waals surface area contributed by atoms with Crippen molar-refractivity contribution in [2.45, 2.75) is 0 Å². The van der Waals surface area contributed by atoms with Crippen LogP contribution in [0.3, 0.4) is 0 Å². The first kappa shape index (κ1) is 30.6. The fourth-order valence-electron chi connectivity index (χ4n) is 9.25. The molecule has 4 aromatic heterocycles. The monoisotopic (exact) mass is 727 g/mol. The molecule has 0 unspecified atom stereocenters. The number of nitrogens with zero attached hydrogens (tertiary/aromatic N) is 3. The zero-order chi connectivity index (χ0) is 37.2. The van der Waals surface area contributed by atoms with E-state index < -0.39 is 0 Å². The van der Waals surface area contributed by atoms with Gasteiger partial charge in [-0.05, 0) is 74.8 Å². The van der Waals surface area contributed by atoms with Crippen LogP contribution in [0.2, 0.25) is 0 Å². The smallest absolute Gasteiger partial charge is 0.180 e. The van der Waals surface area contributed by atoms with Crippen molar-refractivity contribution < 1.29 is 8.83 Å². The second-order valence-electron chi connectivity index (χ2n) is 14.9. The van der Waals surface area contributed by atoms with Crippen molar-refractivity contribution in [1.82, 2.24) is 14.5 Å². The van der Waals surface area contributed by atoms with Crippen molar-refractivity contribution in [2.75, 3.05) is 0 Å². The highest BCUT2D eigenvalue weighted by molar-refractivity contribution is 6.29. The van der Waals surface area contributed by atoms with Gasteiger partial charge in [0.2, 0.25) is 0 Å². The van der Waals surface area contributed by atoms with Crippen molar-refractivity contribution in [1.29, 1.82) is 0 Å². The van der Waals surface area contributed by atoms with Crippen LogP contribution in [0, 0.1) is 0 Å². The molecular formula is C52H29N3O2. The van der Waals surface area contributed by atoms with Gasteiger partial charge < -0.3 is 13.4 Å². The zero-order valence-electron chi connectivity index (χ0n) is 30.4. The van der Waals surface area contributed by atoms with E-state index in [0.29, 0.717) is 11.4 Å². The van der Waals surface area contributed by atoms with E-state index in [1.165, 1.54) is 32.3 Å². The molecule has 5 heteroatoms. The largest absolute Gasteiger partial charge is 0.454 e. The fourth-order valence-corrected chi connectivity index (χ4v) is 9.25. The first-order valence-electron chi connectivity index (χ1n) is 19.2. The van der Waals surface area contributed by atoms with E-state index in [1.54, 1.807) is 0 Å². The molecule has 0 spiro atoms. The highest BCUT2D eigenvalue weighted by Crippen LogP contribution is 2.45. The van der Waals surface area contributed by atoms with E-state index in [-0.39, 0.29) is 0 Å². The molecule has 0 radical (unpaired) electrons. The summed E-state index contributed by atoms with van der Waals surface area (Å²) in [6.07, 6.45) is 0. The molecule has 9 aromatic carbocycles. The van der Waals surface area contributed by atoms with Gasteiger partial charge in [0.25, 0.3) is 0 Å². The first-order valence-corrected chi connectivity index (χ1v) is 19.2. The second-order valence-corrected chi connectivity index (χ2v) is 14.9. The summed E-state index contributed by atoms with van der Waals surface area (Å²) >= 11 is 0. The molecule has 5 nitrogen and oxygen atoms in total. The Bertz CT molecular complexity index is 3720. The highest BCUT2D eigenvalue weighted by atomic mass is 16.3. The van der Waals surface area contributed by atoms with Gasteiger partial charge in [-0.3, -0.25) is 0 Å². The maximum absolute atomic E-state index is 7.01. The Morgan fingerprint density at radius 1 is 0.386 bits per heavy atom. The van der Waals surface area contributed by atoms with E-state index in [9.17, 15) is 0 Å². The molecule has 0 saturated carbocycles. The third-order valence-corrected chi connectivity index (χ3v) is 11.8. The Morgan fingerprint density at radius 2 is 0.947 bits per heavy atom. The summed E-state index contributed by atoms with van der Waals surface area (Å²) in [6.45, 7) is 0. The molecule has 0 aliphatic carbocycles. The van der Waals surface area contributed by atoms with Crippen LogP contribution < -0.4 is 0 Å². The SMILES string of the molecule is c1ccc(-c2nc(-c3cc(-n4c5ccc6ccccc6c5c5c6ccccc6ccc54)c4oc5ccc6ccccc6c5c4c3)nc3c2oc2ccccc23)cc1. The number of hydrogen-bond donors (Lipinski definition) is 0. The van der Waals surface area contributed by atoms with E-state index in [2.05, 4.69) is 144 Å². The summed E-state index contributed by atoms with van der Waals surface area (Å²) in [6, 6.07) is 61.9. The average molecular weight is 728 g/mol. The lowest BCUT2D eigenvalue weighted by molar-refractivity contribution is 0.666. The second kappa shape index (κ2) is 11.4. The number of hydrogen-bond acceptors (Lipinski definition) is 4. The van der Waals surface area contributed by atoms with E-state index >= 15 is 0 Å². The topological polar surface area (TPSA) is 57.0 Å². The molecule has 0 bridgehead atoms. The quantitative estimate of drug-likeness (QED) is 0.182. The van der Waals surface area contributed by atoms with Gasteiger partial charge in [0.15, 0.2) is 17.0 Å². The lowest BCUT2D eigenvalue weighted by Gasteiger charge is -2.12. The Balaban J connectivity index is 1.22. The number of rotatable bonds is 3. The van der Waals surface area contributed by atoms with Crippen LogP contribution in [0.4, 0.5) is 0 Å². The van der Waals surface area contributed by atoms with Crippen LogP contribution in [0.5, 0.6) is 0 Å². The molecule has 264 valence electrons. The summed E-state index contributed by atoms with van der Waals surface area (Å²) in [4.78, 5) is 10.7. The number of furan rings is 2. The lowest BCUT2D eigenvalue weighted by atomic mass is 10.00. The molecule has 0 fully saturated rings. The normalized spacial score (nSPS) is 12.2. The third kappa shape index (κ3) is 4.28. The molecular weight excluding hydrogens is 699 g/mol. The highest BCUT2D eigenvalue weighted by Gasteiger charge is 2.24.